The molecule has 4 heteroatoms. The second-order valence-electron chi connectivity index (χ2n) is 2.98. The molecular formula is C11H9ClN2S. The van der Waals surface area contributed by atoms with Crippen molar-refractivity contribution in [3.8, 4) is 0 Å². The summed E-state index contributed by atoms with van der Waals surface area (Å²) in [5, 5.41) is 0.666. The van der Waals surface area contributed by atoms with Gasteiger partial charge >= 0.3 is 0 Å². The number of rotatable bonds is 2. The molecule has 1 heterocycles. The molecule has 0 atom stereocenters. The Morgan fingerprint density at radius 1 is 1.13 bits per heavy atom. The fourth-order valence-corrected chi connectivity index (χ4v) is 2.15. The number of hydrogen-bond donors (Lipinski definition) is 1. The van der Waals surface area contributed by atoms with Crippen LogP contribution in [0.1, 0.15) is 0 Å². The summed E-state index contributed by atoms with van der Waals surface area (Å²) in [7, 11) is 0. The number of benzene rings is 1. The Kier molecular flexibility index (Phi) is 3.14. The third kappa shape index (κ3) is 2.64. The normalized spacial score (nSPS) is 10.2. The first-order chi connectivity index (χ1) is 7.25. The van der Waals surface area contributed by atoms with E-state index in [0.29, 0.717) is 5.02 Å². The van der Waals surface area contributed by atoms with Crippen LogP contribution in [0.3, 0.4) is 0 Å². The van der Waals surface area contributed by atoms with E-state index in [0.717, 1.165) is 15.5 Å². The maximum Gasteiger partial charge on any atom is 0.0728 e. The molecule has 0 fully saturated rings. The van der Waals surface area contributed by atoms with Crippen LogP contribution in [-0.2, 0) is 0 Å². The summed E-state index contributed by atoms with van der Waals surface area (Å²) >= 11 is 7.59. The molecule has 0 bridgehead atoms. The van der Waals surface area contributed by atoms with E-state index in [9.17, 15) is 0 Å². The van der Waals surface area contributed by atoms with Crippen LogP contribution in [-0.4, -0.2) is 4.98 Å². The molecule has 2 aromatic rings. The van der Waals surface area contributed by atoms with E-state index < -0.39 is 0 Å². The molecule has 0 saturated heterocycles. The SMILES string of the molecule is Nc1ccc(Sc2ccncc2Cl)cc1. The highest BCUT2D eigenvalue weighted by Gasteiger charge is 2.01. The van der Waals surface area contributed by atoms with Gasteiger partial charge in [-0.1, -0.05) is 23.4 Å². The molecule has 0 saturated carbocycles. The van der Waals surface area contributed by atoms with Gasteiger partial charge in [-0.05, 0) is 30.3 Å². The topological polar surface area (TPSA) is 38.9 Å². The zero-order chi connectivity index (χ0) is 10.7. The second kappa shape index (κ2) is 4.55. The lowest BCUT2D eigenvalue weighted by Crippen LogP contribution is -1.83. The average molecular weight is 237 g/mol. The van der Waals surface area contributed by atoms with Crippen LogP contribution in [0.25, 0.3) is 0 Å². The number of hydrogen-bond acceptors (Lipinski definition) is 3. The minimum Gasteiger partial charge on any atom is -0.399 e. The zero-order valence-corrected chi connectivity index (χ0v) is 9.42. The van der Waals surface area contributed by atoms with Crippen molar-refractivity contribution in [2.24, 2.45) is 0 Å². The Morgan fingerprint density at radius 2 is 1.87 bits per heavy atom. The van der Waals surface area contributed by atoms with E-state index in [1.807, 2.05) is 30.3 Å². The maximum absolute atomic E-state index is 6.00. The number of aromatic nitrogens is 1. The van der Waals surface area contributed by atoms with Gasteiger partial charge in [0.25, 0.3) is 0 Å². The van der Waals surface area contributed by atoms with Crippen LogP contribution in [0.5, 0.6) is 0 Å². The molecule has 1 aromatic carbocycles. The van der Waals surface area contributed by atoms with E-state index in [-0.39, 0.29) is 0 Å². The molecule has 0 aliphatic heterocycles. The van der Waals surface area contributed by atoms with Crippen molar-refractivity contribution < 1.29 is 0 Å². The lowest BCUT2D eigenvalue weighted by Gasteiger charge is -2.03. The summed E-state index contributed by atoms with van der Waals surface area (Å²) in [6, 6.07) is 9.58. The molecule has 0 amide bonds. The van der Waals surface area contributed by atoms with Gasteiger partial charge in [0.05, 0.1) is 5.02 Å². The molecule has 1 aromatic heterocycles. The highest BCUT2D eigenvalue weighted by atomic mass is 35.5. The summed E-state index contributed by atoms with van der Waals surface area (Å²) in [5.74, 6) is 0. The molecule has 0 aliphatic carbocycles. The van der Waals surface area contributed by atoms with Crippen molar-refractivity contribution in [1.82, 2.24) is 4.98 Å². The molecule has 0 spiro atoms. The number of nitrogens with two attached hydrogens (primary N) is 1. The van der Waals surface area contributed by atoms with Gasteiger partial charge in [-0.2, -0.15) is 0 Å². The molecule has 76 valence electrons. The highest BCUT2D eigenvalue weighted by molar-refractivity contribution is 7.99. The van der Waals surface area contributed by atoms with E-state index in [2.05, 4.69) is 4.98 Å². The molecular weight excluding hydrogens is 228 g/mol. The average Bonchev–Trinajstić information content (AvgIpc) is 2.25. The molecule has 2 N–H and O–H groups in total. The van der Waals surface area contributed by atoms with Crippen molar-refractivity contribution in [2.75, 3.05) is 5.73 Å². The van der Waals surface area contributed by atoms with Gasteiger partial charge in [0.1, 0.15) is 0 Å². The minimum absolute atomic E-state index is 0.666. The number of nitrogen functional groups attached to an aromatic ring is 1. The molecule has 0 radical (unpaired) electrons. The van der Waals surface area contributed by atoms with Gasteiger partial charge in [-0.25, -0.2) is 0 Å². The van der Waals surface area contributed by atoms with Crippen LogP contribution in [0.4, 0.5) is 5.69 Å². The molecule has 0 unspecified atom stereocenters. The number of anilines is 1. The smallest absolute Gasteiger partial charge is 0.0728 e. The Hall–Kier alpha value is -1.19. The molecule has 15 heavy (non-hydrogen) atoms. The fraction of sp³-hybridized carbons (Fsp3) is 0. The van der Waals surface area contributed by atoms with Crippen LogP contribution in [0, 0.1) is 0 Å². The summed E-state index contributed by atoms with van der Waals surface area (Å²) in [4.78, 5) is 6.04. The predicted molar refractivity (Wildman–Crippen MR) is 64.2 cm³/mol. The van der Waals surface area contributed by atoms with Crippen molar-refractivity contribution in [3.63, 3.8) is 0 Å². The Morgan fingerprint density at radius 3 is 2.53 bits per heavy atom. The van der Waals surface area contributed by atoms with E-state index in [1.54, 1.807) is 24.2 Å². The number of pyridine rings is 1. The molecule has 2 rings (SSSR count). The number of halogens is 1. The van der Waals surface area contributed by atoms with Gasteiger partial charge in [0.15, 0.2) is 0 Å². The Balaban J connectivity index is 2.22. The minimum atomic E-state index is 0.666. The van der Waals surface area contributed by atoms with Crippen LogP contribution in [0.15, 0.2) is 52.5 Å². The van der Waals surface area contributed by atoms with Crippen LogP contribution in [0.2, 0.25) is 5.02 Å². The number of nitrogens with zero attached hydrogens (tertiary/aromatic N) is 1. The lowest BCUT2D eigenvalue weighted by atomic mass is 10.3. The third-order valence-corrected chi connectivity index (χ3v) is 3.34. The summed E-state index contributed by atoms with van der Waals surface area (Å²) in [5.41, 5.74) is 6.37. The Bertz CT molecular complexity index is 456. The first-order valence-corrected chi connectivity index (χ1v) is 5.58. The summed E-state index contributed by atoms with van der Waals surface area (Å²) in [6.07, 6.45) is 3.37. The van der Waals surface area contributed by atoms with E-state index in [1.165, 1.54) is 0 Å². The van der Waals surface area contributed by atoms with E-state index in [4.69, 9.17) is 17.3 Å². The van der Waals surface area contributed by atoms with Gasteiger partial charge < -0.3 is 5.73 Å². The first-order valence-electron chi connectivity index (χ1n) is 4.38. The predicted octanol–water partition coefficient (Wildman–Crippen LogP) is 3.47. The lowest BCUT2D eigenvalue weighted by molar-refractivity contribution is 1.26. The van der Waals surface area contributed by atoms with Gasteiger partial charge in [-0.3, -0.25) is 4.98 Å². The van der Waals surface area contributed by atoms with Gasteiger partial charge in [0, 0.05) is 27.9 Å². The quantitative estimate of drug-likeness (QED) is 0.812. The van der Waals surface area contributed by atoms with Crippen LogP contribution >= 0.6 is 23.4 Å². The Labute approximate surface area is 97.5 Å². The highest BCUT2D eigenvalue weighted by Crippen LogP contribution is 2.32. The monoisotopic (exact) mass is 236 g/mol. The standard InChI is InChI=1S/C11H9ClN2S/c12-10-7-14-6-5-11(10)15-9-3-1-8(13)2-4-9/h1-7H,13H2. The van der Waals surface area contributed by atoms with Gasteiger partial charge in [-0.15, -0.1) is 0 Å². The third-order valence-electron chi connectivity index (χ3n) is 1.84. The summed E-state index contributed by atoms with van der Waals surface area (Å²) in [6.45, 7) is 0. The first kappa shape index (κ1) is 10.3. The van der Waals surface area contributed by atoms with Crippen molar-refractivity contribution in [1.29, 1.82) is 0 Å². The zero-order valence-electron chi connectivity index (χ0n) is 7.85. The molecule has 0 aliphatic rings. The molecule has 2 nitrogen and oxygen atoms in total. The fourth-order valence-electron chi connectivity index (χ4n) is 1.11. The van der Waals surface area contributed by atoms with Crippen molar-refractivity contribution in [3.05, 3.63) is 47.7 Å². The van der Waals surface area contributed by atoms with Crippen molar-refractivity contribution >= 4 is 29.1 Å². The summed E-state index contributed by atoms with van der Waals surface area (Å²) < 4.78 is 0. The van der Waals surface area contributed by atoms with E-state index >= 15 is 0 Å². The van der Waals surface area contributed by atoms with Crippen molar-refractivity contribution in [2.45, 2.75) is 9.79 Å². The van der Waals surface area contributed by atoms with Gasteiger partial charge in [0.2, 0.25) is 0 Å². The second-order valence-corrected chi connectivity index (χ2v) is 4.50. The maximum atomic E-state index is 6.00. The van der Waals surface area contributed by atoms with Crippen LogP contribution < -0.4 is 5.73 Å². The largest absolute Gasteiger partial charge is 0.399 e.